The molecule has 4 aromatic rings. The van der Waals surface area contributed by atoms with Gasteiger partial charge >= 0.3 is 0 Å². The van der Waals surface area contributed by atoms with Crippen LogP contribution in [0.3, 0.4) is 0 Å². The maximum absolute atomic E-state index is 13.6. The van der Waals surface area contributed by atoms with E-state index in [0.29, 0.717) is 35.6 Å². The summed E-state index contributed by atoms with van der Waals surface area (Å²) in [6, 6.07) is 21.6. The van der Waals surface area contributed by atoms with Crippen LogP contribution in [0.1, 0.15) is 51.0 Å². The zero-order valence-corrected chi connectivity index (χ0v) is 21.6. The Morgan fingerprint density at radius 1 is 1.00 bits per heavy atom. The van der Waals surface area contributed by atoms with Gasteiger partial charge in [-0.1, -0.05) is 30.3 Å². The monoisotopic (exact) mass is 522 g/mol. The van der Waals surface area contributed by atoms with E-state index in [1.54, 1.807) is 54.7 Å². The molecule has 1 aliphatic rings. The molecule has 5 rings (SSSR count). The van der Waals surface area contributed by atoms with Crippen LogP contribution in [-0.2, 0) is 11.2 Å². The molecular weight excluding hydrogens is 492 g/mol. The minimum atomic E-state index is -0.236. The average Bonchev–Trinajstić information content (AvgIpc) is 3.40. The lowest BCUT2D eigenvalue weighted by Crippen LogP contribution is -2.32. The summed E-state index contributed by atoms with van der Waals surface area (Å²) in [4.78, 5) is 47.9. The van der Waals surface area contributed by atoms with Crippen molar-refractivity contribution in [3.63, 3.8) is 0 Å². The van der Waals surface area contributed by atoms with E-state index in [4.69, 9.17) is 0 Å². The first-order chi connectivity index (χ1) is 19.0. The molecule has 9 heteroatoms. The second-order valence-electron chi connectivity index (χ2n) is 9.32. The van der Waals surface area contributed by atoms with Crippen molar-refractivity contribution in [2.75, 3.05) is 29.1 Å². The fraction of sp³-hybridized carbons (Fsp3) is 0.200. The first-order valence-corrected chi connectivity index (χ1v) is 12.9. The summed E-state index contributed by atoms with van der Waals surface area (Å²) < 4.78 is 0. The van der Waals surface area contributed by atoms with Crippen LogP contribution in [-0.4, -0.2) is 41.3 Å². The zero-order valence-electron chi connectivity index (χ0n) is 21.6. The molecule has 39 heavy (non-hydrogen) atoms. The molecular formula is C30H30N6O3. The minimum absolute atomic E-state index is 0.125. The number of fused-ring (bicyclic) bond motifs is 1. The van der Waals surface area contributed by atoms with Gasteiger partial charge in [0, 0.05) is 48.6 Å². The Morgan fingerprint density at radius 2 is 1.77 bits per heavy atom. The van der Waals surface area contributed by atoms with Gasteiger partial charge in [-0.15, -0.1) is 0 Å². The number of imidazole rings is 1. The number of aromatic nitrogens is 2. The lowest BCUT2D eigenvalue weighted by atomic mass is 10.0. The Bertz CT molecular complexity index is 1470. The molecule has 198 valence electrons. The highest BCUT2D eigenvalue weighted by atomic mass is 16.2. The molecule has 0 spiro atoms. The fourth-order valence-corrected chi connectivity index (χ4v) is 4.86. The van der Waals surface area contributed by atoms with E-state index in [2.05, 4.69) is 25.9 Å². The first-order valence-electron chi connectivity index (χ1n) is 12.9. The van der Waals surface area contributed by atoms with Crippen LogP contribution in [0.4, 0.5) is 17.1 Å². The molecule has 0 radical (unpaired) electrons. The normalized spacial score (nSPS) is 14.6. The molecule has 2 heterocycles. The number of benzene rings is 3. The minimum Gasteiger partial charge on any atom is -0.387 e. The van der Waals surface area contributed by atoms with Crippen molar-refractivity contribution in [2.24, 2.45) is 0 Å². The lowest BCUT2D eigenvalue weighted by molar-refractivity contribution is -0.121. The summed E-state index contributed by atoms with van der Waals surface area (Å²) in [5.74, 6) is 0.112. The zero-order chi connectivity index (χ0) is 27.2. The van der Waals surface area contributed by atoms with Crippen LogP contribution < -0.4 is 20.9 Å². The van der Waals surface area contributed by atoms with Gasteiger partial charge in [0.05, 0.1) is 18.0 Å². The molecule has 1 unspecified atom stereocenters. The largest absolute Gasteiger partial charge is 0.387 e. The van der Waals surface area contributed by atoms with E-state index in [1.807, 2.05) is 42.5 Å². The molecule has 0 saturated heterocycles. The van der Waals surface area contributed by atoms with Gasteiger partial charge in [-0.2, -0.15) is 0 Å². The Morgan fingerprint density at radius 3 is 2.54 bits per heavy atom. The lowest BCUT2D eigenvalue weighted by Gasteiger charge is -2.24. The topological polar surface area (TPSA) is 119 Å². The number of nitrogens with zero attached hydrogens (tertiary/aromatic N) is 2. The van der Waals surface area contributed by atoms with Gasteiger partial charge in [-0.05, 0) is 60.9 Å². The summed E-state index contributed by atoms with van der Waals surface area (Å²) >= 11 is 0. The third-order valence-electron chi connectivity index (χ3n) is 6.77. The van der Waals surface area contributed by atoms with E-state index < -0.39 is 0 Å². The van der Waals surface area contributed by atoms with Gasteiger partial charge in [0.15, 0.2) is 0 Å². The molecule has 1 atom stereocenters. The van der Waals surface area contributed by atoms with Gasteiger partial charge < -0.3 is 25.8 Å². The summed E-state index contributed by atoms with van der Waals surface area (Å²) in [6.07, 6.45) is 4.92. The van der Waals surface area contributed by atoms with Crippen LogP contribution in [0.5, 0.6) is 0 Å². The van der Waals surface area contributed by atoms with Crippen molar-refractivity contribution in [3.05, 3.63) is 108 Å². The van der Waals surface area contributed by atoms with Gasteiger partial charge in [-0.3, -0.25) is 14.4 Å². The number of para-hydroxylation sites is 2. The summed E-state index contributed by atoms with van der Waals surface area (Å²) in [6.45, 7) is 0.527. The van der Waals surface area contributed by atoms with Crippen LogP contribution in [0, 0.1) is 0 Å². The Balaban J connectivity index is 1.30. The molecule has 0 aliphatic carbocycles. The maximum Gasteiger partial charge on any atom is 0.258 e. The van der Waals surface area contributed by atoms with Gasteiger partial charge in [0.1, 0.15) is 5.82 Å². The molecule has 1 aromatic heterocycles. The molecule has 3 amide bonds. The smallest absolute Gasteiger partial charge is 0.258 e. The van der Waals surface area contributed by atoms with Crippen LogP contribution >= 0.6 is 0 Å². The predicted molar refractivity (Wildman–Crippen MR) is 151 cm³/mol. The Labute approximate surface area is 226 Å². The number of aromatic amines is 1. The van der Waals surface area contributed by atoms with Crippen molar-refractivity contribution < 1.29 is 14.4 Å². The number of anilines is 3. The summed E-state index contributed by atoms with van der Waals surface area (Å²) in [7, 11) is 1.77. The predicted octanol–water partition coefficient (Wildman–Crippen LogP) is 4.54. The molecule has 0 bridgehead atoms. The van der Waals surface area contributed by atoms with Crippen molar-refractivity contribution >= 4 is 34.8 Å². The van der Waals surface area contributed by atoms with Crippen molar-refractivity contribution in [1.29, 1.82) is 0 Å². The standard InChI is InChI=1S/C30H30N6O3/c1-31-24-9-4-2-8-23(24)29(38)34-21-14-12-20(13-15-21)30(39)36-18-6-10-25(22-7-3-5-11-26(22)36)35-28(37)19-27-32-16-17-33-27/h2-5,7-9,11-17,25,31H,6,10,18-19H2,1H3,(H,32,33)(H,34,38)(H,35,37). The van der Waals surface area contributed by atoms with Crippen LogP contribution in [0.25, 0.3) is 0 Å². The number of carbonyl (C=O) groups is 3. The maximum atomic E-state index is 13.6. The van der Waals surface area contributed by atoms with E-state index in [-0.39, 0.29) is 30.2 Å². The Kier molecular flexibility index (Phi) is 7.68. The van der Waals surface area contributed by atoms with E-state index in [0.717, 1.165) is 23.4 Å². The molecule has 3 aromatic carbocycles. The number of hydrogen-bond acceptors (Lipinski definition) is 5. The first kappa shape index (κ1) is 25.7. The van der Waals surface area contributed by atoms with E-state index in [1.165, 1.54) is 0 Å². The molecule has 4 N–H and O–H groups in total. The number of H-pyrrole nitrogens is 1. The molecule has 1 aliphatic heterocycles. The second-order valence-corrected chi connectivity index (χ2v) is 9.32. The van der Waals surface area contributed by atoms with Gasteiger partial charge in [0.2, 0.25) is 5.91 Å². The van der Waals surface area contributed by atoms with E-state index >= 15 is 0 Å². The number of amides is 3. The summed E-state index contributed by atoms with van der Waals surface area (Å²) in [5.41, 5.74) is 4.06. The van der Waals surface area contributed by atoms with Crippen LogP contribution in [0.15, 0.2) is 85.2 Å². The fourth-order valence-electron chi connectivity index (χ4n) is 4.86. The number of hydrogen-bond donors (Lipinski definition) is 4. The van der Waals surface area contributed by atoms with Crippen molar-refractivity contribution in [2.45, 2.75) is 25.3 Å². The molecule has 9 nitrogen and oxygen atoms in total. The highest BCUT2D eigenvalue weighted by Crippen LogP contribution is 2.34. The summed E-state index contributed by atoms with van der Waals surface area (Å²) in [5, 5.41) is 9.03. The van der Waals surface area contributed by atoms with Gasteiger partial charge in [0.25, 0.3) is 11.8 Å². The highest BCUT2D eigenvalue weighted by molar-refractivity contribution is 6.09. The van der Waals surface area contributed by atoms with E-state index in [9.17, 15) is 14.4 Å². The number of rotatable bonds is 7. The van der Waals surface area contributed by atoms with Crippen LogP contribution in [0.2, 0.25) is 0 Å². The SMILES string of the molecule is CNc1ccccc1C(=O)Nc1ccc(C(=O)N2CCCC(NC(=O)Cc3ncc[nH]3)c3ccccc32)cc1. The van der Waals surface area contributed by atoms with Crippen molar-refractivity contribution in [3.8, 4) is 0 Å². The third-order valence-corrected chi connectivity index (χ3v) is 6.77. The molecule has 0 saturated carbocycles. The van der Waals surface area contributed by atoms with Gasteiger partial charge in [-0.25, -0.2) is 4.98 Å². The quantitative estimate of drug-likeness (QED) is 0.284. The Hall–Kier alpha value is -4.92. The third kappa shape index (κ3) is 5.82. The highest BCUT2D eigenvalue weighted by Gasteiger charge is 2.28. The second kappa shape index (κ2) is 11.6. The molecule has 0 fully saturated rings. The number of carbonyl (C=O) groups excluding carboxylic acids is 3. The average molecular weight is 523 g/mol. The number of nitrogens with one attached hydrogen (secondary N) is 4. The van der Waals surface area contributed by atoms with Crippen molar-refractivity contribution in [1.82, 2.24) is 15.3 Å².